The van der Waals surface area contributed by atoms with E-state index in [1.54, 1.807) is 12.1 Å². The average molecular weight is 336 g/mol. The first-order valence-corrected chi connectivity index (χ1v) is 7.97. The molecule has 7 heteroatoms. The van der Waals surface area contributed by atoms with Crippen LogP contribution in [0.2, 0.25) is 0 Å². The number of H-pyrrole nitrogens is 1. The van der Waals surface area contributed by atoms with E-state index in [9.17, 15) is 9.59 Å². The molecule has 0 atom stereocenters. The van der Waals surface area contributed by atoms with E-state index in [4.69, 9.17) is 4.74 Å². The van der Waals surface area contributed by atoms with Crippen molar-refractivity contribution in [1.82, 2.24) is 9.97 Å². The summed E-state index contributed by atoms with van der Waals surface area (Å²) in [6.45, 7) is -0.123. The van der Waals surface area contributed by atoms with E-state index in [1.165, 1.54) is 0 Å². The highest BCUT2D eigenvalue weighted by atomic mass is 16.5. The van der Waals surface area contributed by atoms with Crippen LogP contribution in [-0.2, 0) is 16.0 Å². The molecule has 2 heterocycles. The van der Waals surface area contributed by atoms with Gasteiger partial charge in [-0.15, -0.1) is 0 Å². The van der Waals surface area contributed by atoms with Crippen LogP contribution in [0, 0.1) is 0 Å². The minimum atomic E-state index is -0.301. The van der Waals surface area contributed by atoms with Crippen molar-refractivity contribution in [3.05, 3.63) is 48.0 Å². The van der Waals surface area contributed by atoms with E-state index in [1.807, 2.05) is 30.3 Å². The van der Waals surface area contributed by atoms with Gasteiger partial charge in [0.2, 0.25) is 11.9 Å². The molecule has 4 rings (SSSR count). The predicted octanol–water partition coefficient (Wildman–Crippen LogP) is 2.47. The number of nitrogens with one attached hydrogen (secondary N) is 3. The molecule has 3 N–H and O–H groups in total. The third-order valence-electron chi connectivity index (χ3n) is 3.99. The standard InChI is InChI=1S/C18H16N4O3/c23-16-8-5-11-9-12(6-7-13(11)19-16)25-10-17(24)22-18-20-14-3-1-2-4-15(14)21-18/h1-4,6-7,9H,5,8,10H2,(H,19,23)(H2,20,21,22,24). The second-order valence-corrected chi connectivity index (χ2v) is 5.81. The summed E-state index contributed by atoms with van der Waals surface area (Å²) in [7, 11) is 0. The SMILES string of the molecule is O=C(COc1ccc2c(c1)CCC(=O)N2)Nc1nc2ccccc2[nH]1. The van der Waals surface area contributed by atoms with Crippen LogP contribution < -0.4 is 15.4 Å². The van der Waals surface area contributed by atoms with E-state index < -0.39 is 0 Å². The number of aromatic nitrogens is 2. The summed E-state index contributed by atoms with van der Waals surface area (Å²) in [5.74, 6) is 0.703. The van der Waals surface area contributed by atoms with E-state index in [0.29, 0.717) is 24.5 Å². The Morgan fingerprint density at radius 2 is 2.08 bits per heavy atom. The van der Waals surface area contributed by atoms with Crippen LogP contribution in [0.25, 0.3) is 11.0 Å². The molecule has 2 aromatic carbocycles. The molecule has 0 saturated carbocycles. The molecule has 0 bridgehead atoms. The van der Waals surface area contributed by atoms with Gasteiger partial charge in [0.05, 0.1) is 11.0 Å². The number of anilines is 2. The summed E-state index contributed by atoms with van der Waals surface area (Å²) in [4.78, 5) is 30.7. The van der Waals surface area contributed by atoms with Crippen LogP contribution in [0.3, 0.4) is 0 Å². The quantitative estimate of drug-likeness (QED) is 0.682. The Bertz CT molecular complexity index is 931. The lowest BCUT2D eigenvalue weighted by Gasteiger charge is -2.17. The number of fused-ring (bicyclic) bond motifs is 2. The largest absolute Gasteiger partial charge is 0.484 e. The Kier molecular flexibility index (Phi) is 3.81. The van der Waals surface area contributed by atoms with Crippen LogP contribution >= 0.6 is 0 Å². The second kappa shape index (κ2) is 6.27. The lowest BCUT2D eigenvalue weighted by molar-refractivity contribution is -0.118. The molecule has 25 heavy (non-hydrogen) atoms. The van der Waals surface area contributed by atoms with Gasteiger partial charge in [-0.3, -0.25) is 14.9 Å². The van der Waals surface area contributed by atoms with Gasteiger partial charge >= 0.3 is 0 Å². The summed E-state index contributed by atoms with van der Waals surface area (Å²) in [5.41, 5.74) is 3.45. The number of aryl methyl sites for hydroxylation is 1. The Labute approximate surface area is 143 Å². The van der Waals surface area contributed by atoms with E-state index >= 15 is 0 Å². The van der Waals surface area contributed by atoms with Crippen molar-refractivity contribution in [2.45, 2.75) is 12.8 Å². The van der Waals surface area contributed by atoms with Gasteiger partial charge < -0.3 is 15.0 Å². The summed E-state index contributed by atoms with van der Waals surface area (Å²) in [6.07, 6.45) is 1.13. The van der Waals surface area contributed by atoms with Crippen LogP contribution in [0.1, 0.15) is 12.0 Å². The van der Waals surface area contributed by atoms with Gasteiger partial charge in [0, 0.05) is 12.1 Å². The van der Waals surface area contributed by atoms with Crippen molar-refractivity contribution >= 4 is 34.5 Å². The lowest BCUT2D eigenvalue weighted by atomic mass is 10.0. The number of hydrogen-bond acceptors (Lipinski definition) is 4. The highest BCUT2D eigenvalue weighted by molar-refractivity contribution is 5.94. The summed E-state index contributed by atoms with van der Waals surface area (Å²) in [6, 6.07) is 12.9. The maximum atomic E-state index is 12.0. The van der Waals surface area contributed by atoms with Crippen molar-refractivity contribution in [2.24, 2.45) is 0 Å². The third-order valence-corrected chi connectivity index (χ3v) is 3.99. The van der Waals surface area contributed by atoms with Crippen LogP contribution in [0.4, 0.5) is 11.6 Å². The van der Waals surface area contributed by atoms with Gasteiger partial charge in [0.15, 0.2) is 6.61 Å². The normalized spacial score (nSPS) is 13.2. The average Bonchev–Trinajstić information content (AvgIpc) is 3.02. The molecule has 126 valence electrons. The fourth-order valence-corrected chi connectivity index (χ4v) is 2.78. The van der Waals surface area contributed by atoms with Crippen molar-refractivity contribution in [3.8, 4) is 5.75 Å². The van der Waals surface area contributed by atoms with Crippen LogP contribution in [0.15, 0.2) is 42.5 Å². The van der Waals surface area contributed by atoms with Gasteiger partial charge in [-0.1, -0.05) is 12.1 Å². The molecule has 0 unspecified atom stereocenters. The van der Waals surface area contributed by atoms with E-state index in [0.717, 1.165) is 22.3 Å². The zero-order valence-corrected chi connectivity index (χ0v) is 13.3. The van der Waals surface area contributed by atoms with Gasteiger partial charge in [-0.25, -0.2) is 4.98 Å². The number of ether oxygens (including phenoxy) is 1. The number of benzene rings is 2. The number of amides is 2. The van der Waals surface area contributed by atoms with E-state index in [-0.39, 0.29) is 18.4 Å². The molecule has 2 amide bonds. The lowest BCUT2D eigenvalue weighted by Crippen LogP contribution is -2.21. The molecular formula is C18H16N4O3. The summed E-state index contributed by atoms with van der Waals surface area (Å²) in [5, 5.41) is 5.49. The minimum absolute atomic E-state index is 0.0198. The number of carbonyl (C=O) groups excluding carboxylic acids is 2. The molecule has 1 aromatic heterocycles. The molecule has 1 aliphatic rings. The van der Waals surface area contributed by atoms with Gasteiger partial charge in [-0.2, -0.15) is 0 Å². The molecular weight excluding hydrogens is 320 g/mol. The van der Waals surface area contributed by atoms with E-state index in [2.05, 4.69) is 20.6 Å². The number of hydrogen-bond donors (Lipinski definition) is 3. The second-order valence-electron chi connectivity index (χ2n) is 5.81. The summed E-state index contributed by atoms with van der Waals surface area (Å²) < 4.78 is 5.54. The van der Waals surface area contributed by atoms with Crippen molar-refractivity contribution in [2.75, 3.05) is 17.2 Å². The summed E-state index contributed by atoms with van der Waals surface area (Å²) >= 11 is 0. The highest BCUT2D eigenvalue weighted by Crippen LogP contribution is 2.26. The Morgan fingerprint density at radius 3 is 2.96 bits per heavy atom. The molecule has 1 aliphatic heterocycles. The van der Waals surface area contributed by atoms with Gasteiger partial charge in [-0.05, 0) is 42.3 Å². The fraction of sp³-hybridized carbons (Fsp3) is 0.167. The highest BCUT2D eigenvalue weighted by Gasteiger charge is 2.15. The van der Waals surface area contributed by atoms with Crippen molar-refractivity contribution in [1.29, 1.82) is 0 Å². The fourth-order valence-electron chi connectivity index (χ4n) is 2.78. The van der Waals surface area contributed by atoms with Crippen LogP contribution in [-0.4, -0.2) is 28.4 Å². The molecule has 0 aliphatic carbocycles. The van der Waals surface area contributed by atoms with Crippen molar-refractivity contribution < 1.29 is 14.3 Å². The predicted molar refractivity (Wildman–Crippen MR) is 93.6 cm³/mol. The van der Waals surface area contributed by atoms with Crippen molar-refractivity contribution in [3.63, 3.8) is 0 Å². The molecule has 0 spiro atoms. The first-order valence-electron chi connectivity index (χ1n) is 7.97. The number of rotatable bonds is 4. The first-order chi connectivity index (χ1) is 12.2. The maximum absolute atomic E-state index is 12.0. The zero-order valence-electron chi connectivity index (χ0n) is 13.3. The molecule has 0 fully saturated rings. The number of imidazole rings is 1. The topological polar surface area (TPSA) is 96.1 Å². The number of para-hydroxylation sites is 2. The molecule has 3 aromatic rings. The Balaban J connectivity index is 1.38. The Hall–Kier alpha value is -3.35. The first kappa shape index (κ1) is 15.2. The molecule has 0 radical (unpaired) electrons. The Morgan fingerprint density at radius 1 is 1.20 bits per heavy atom. The molecule has 0 saturated heterocycles. The monoisotopic (exact) mass is 336 g/mol. The van der Waals surface area contributed by atoms with Gasteiger partial charge in [0.1, 0.15) is 5.75 Å². The third kappa shape index (κ3) is 3.30. The smallest absolute Gasteiger partial charge is 0.264 e. The van der Waals surface area contributed by atoms with Crippen LogP contribution in [0.5, 0.6) is 5.75 Å². The minimum Gasteiger partial charge on any atom is -0.484 e. The zero-order chi connectivity index (χ0) is 17.2. The maximum Gasteiger partial charge on any atom is 0.264 e. The number of nitrogens with zero attached hydrogens (tertiary/aromatic N) is 1. The number of carbonyl (C=O) groups is 2. The molecule has 7 nitrogen and oxygen atoms in total. The number of aromatic amines is 1. The van der Waals surface area contributed by atoms with Gasteiger partial charge in [0.25, 0.3) is 5.91 Å².